The van der Waals surface area contributed by atoms with E-state index in [9.17, 15) is 14.4 Å². The molecule has 0 spiro atoms. The van der Waals surface area contributed by atoms with Crippen molar-refractivity contribution in [2.75, 3.05) is 31.5 Å². The molecule has 0 unspecified atom stereocenters. The first-order valence-corrected chi connectivity index (χ1v) is 10.5. The van der Waals surface area contributed by atoms with Gasteiger partial charge < -0.3 is 19.7 Å². The van der Waals surface area contributed by atoms with E-state index in [1.54, 1.807) is 41.7 Å². The Kier molecular flexibility index (Phi) is 6.11. The fraction of sp³-hybridized carbons (Fsp3) is 0.455. The standard InChI is InChI=1S/C22H27N5O3/c28-20(7-9-25-10-8-23-16-25)24-19-6-2-5-18(15-19)22(30)27-13-11-26(12-14-27)21(29)17-3-1-4-17/h2,5-6,8,10,15-17H,1,3-4,7,9,11-14H2,(H,24,28). The molecule has 2 heterocycles. The first-order chi connectivity index (χ1) is 14.6. The molecular formula is C22H27N5O3. The zero-order chi connectivity index (χ0) is 20.9. The van der Waals surface area contributed by atoms with Crippen LogP contribution in [0.5, 0.6) is 0 Å². The molecule has 1 saturated heterocycles. The van der Waals surface area contributed by atoms with Gasteiger partial charge in [-0.05, 0) is 31.0 Å². The minimum atomic E-state index is -0.114. The Balaban J connectivity index is 1.29. The van der Waals surface area contributed by atoms with E-state index in [0.717, 1.165) is 19.3 Å². The SMILES string of the molecule is O=C(CCn1ccnc1)Nc1cccc(C(=O)N2CCN(C(=O)C3CCC3)CC2)c1. The van der Waals surface area contributed by atoms with Crippen molar-refractivity contribution >= 4 is 23.4 Å². The van der Waals surface area contributed by atoms with Gasteiger partial charge in [-0.15, -0.1) is 0 Å². The third-order valence-electron chi connectivity index (χ3n) is 5.88. The molecule has 4 rings (SSSR count). The first kappa shape index (κ1) is 20.1. The molecule has 0 atom stereocenters. The van der Waals surface area contributed by atoms with Crippen LogP contribution in [0.2, 0.25) is 0 Å². The molecular weight excluding hydrogens is 382 g/mol. The smallest absolute Gasteiger partial charge is 0.254 e. The number of benzene rings is 1. The average molecular weight is 409 g/mol. The fourth-order valence-corrected chi connectivity index (χ4v) is 3.83. The van der Waals surface area contributed by atoms with Crippen LogP contribution < -0.4 is 5.32 Å². The van der Waals surface area contributed by atoms with Crippen LogP contribution in [0.15, 0.2) is 43.0 Å². The Morgan fingerprint density at radius 1 is 1.07 bits per heavy atom. The number of nitrogens with one attached hydrogen (secondary N) is 1. The molecule has 1 aromatic carbocycles. The van der Waals surface area contributed by atoms with E-state index >= 15 is 0 Å². The number of nitrogens with zero attached hydrogens (tertiary/aromatic N) is 4. The van der Waals surface area contributed by atoms with Crippen molar-refractivity contribution in [2.45, 2.75) is 32.2 Å². The molecule has 1 aromatic heterocycles. The van der Waals surface area contributed by atoms with Gasteiger partial charge in [0.25, 0.3) is 5.91 Å². The average Bonchev–Trinajstić information content (AvgIpc) is 3.24. The second-order valence-corrected chi connectivity index (χ2v) is 7.92. The lowest BCUT2D eigenvalue weighted by Gasteiger charge is -2.38. The summed E-state index contributed by atoms with van der Waals surface area (Å²) in [4.78, 5) is 45.1. The number of carbonyl (C=O) groups excluding carboxylic acids is 3. The monoisotopic (exact) mass is 409 g/mol. The van der Waals surface area contributed by atoms with Crippen molar-refractivity contribution < 1.29 is 14.4 Å². The highest BCUT2D eigenvalue weighted by molar-refractivity contribution is 5.97. The molecule has 30 heavy (non-hydrogen) atoms. The van der Waals surface area contributed by atoms with Gasteiger partial charge in [0.2, 0.25) is 11.8 Å². The number of anilines is 1. The van der Waals surface area contributed by atoms with Crippen molar-refractivity contribution in [1.82, 2.24) is 19.4 Å². The summed E-state index contributed by atoms with van der Waals surface area (Å²) < 4.78 is 1.84. The summed E-state index contributed by atoms with van der Waals surface area (Å²) in [6.07, 6.45) is 8.63. The zero-order valence-electron chi connectivity index (χ0n) is 17.0. The van der Waals surface area contributed by atoms with Crippen LogP contribution >= 0.6 is 0 Å². The number of piperazine rings is 1. The van der Waals surface area contributed by atoms with Gasteiger partial charge in [-0.25, -0.2) is 4.98 Å². The molecule has 0 bridgehead atoms. The van der Waals surface area contributed by atoms with Gasteiger partial charge in [-0.3, -0.25) is 14.4 Å². The summed E-state index contributed by atoms with van der Waals surface area (Å²) in [5, 5.41) is 2.85. The molecule has 8 nitrogen and oxygen atoms in total. The maximum Gasteiger partial charge on any atom is 0.254 e. The van der Waals surface area contributed by atoms with Crippen LogP contribution in [0.25, 0.3) is 0 Å². The van der Waals surface area contributed by atoms with Gasteiger partial charge in [0, 0.05) is 68.7 Å². The molecule has 1 N–H and O–H groups in total. The molecule has 2 aliphatic rings. The van der Waals surface area contributed by atoms with E-state index in [-0.39, 0.29) is 23.6 Å². The number of imidazole rings is 1. The van der Waals surface area contributed by atoms with Crippen molar-refractivity contribution in [1.29, 1.82) is 0 Å². The van der Waals surface area contributed by atoms with Gasteiger partial charge in [0.15, 0.2) is 0 Å². The lowest BCUT2D eigenvalue weighted by molar-refractivity contribution is -0.139. The fourth-order valence-electron chi connectivity index (χ4n) is 3.83. The van der Waals surface area contributed by atoms with Crippen molar-refractivity contribution in [3.8, 4) is 0 Å². The maximum absolute atomic E-state index is 12.9. The second kappa shape index (κ2) is 9.11. The van der Waals surface area contributed by atoms with Gasteiger partial charge in [-0.1, -0.05) is 12.5 Å². The van der Waals surface area contributed by atoms with Crippen LogP contribution in [0.4, 0.5) is 5.69 Å². The summed E-state index contributed by atoms with van der Waals surface area (Å²) in [6.45, 7) is 2.81. The highest BCUT2D eigenvalue weighted by atomic mass is 16.2. The van der Waals surface area contributed by atoms with Crippen molar-refractivity contribution in [2.24, 2.45) is 5.92 Å². The van der Waals surface area contributed by atoms with Crippen molar-refractivity contribution in [3.63, 3.8) is 0 Å². The molecule has 0 radical (unpaired) electrons. The summed E-state index contributed by atoms with van der Waals surface area (Å²) in [7, 11) is 0. The Hall–Kier alpha value is -3.16. The summed E-state index contributed by atoms with van der Waals surface area (Å²) in [5.41, 5.74) is 1.15. The van der Waals surface area contributed by atoms with Crippen LogP contribution in [-0.2, 0) is 16.1 Å². The predicted molar refractivity (Wildman–Crippen MR) is 112 cm³/mol. The molecule has 3 amide bonds. The number of hydrogen-bond acceptors (Lipinski definition) is 4. The predicted octanol–water partition coefficient (Wildman–Crippen LogP) is 2.00. The van der Waals surface area contributed by atoms with E-state index in [1.165, 1.54) is 0 Å². The first-order valence-electron chi connectivity index (χ1n) is 10.5. The Morgan fingerprint density at radius 2 is 1.83 bits per heavy atom. The topological polar surface area (TPSA) is 87.5 Å². The molecule has 2 fully saturated rings. The third kappa shape index (κ3) is 4.69. The Bertz CT molecular complexity index is 899. The van der Waals surface area contributed by atoms with Gasteiger partial charge in [0.05, 0.1) is 6.33 Å². The van der Waals surface area contributed by atoms with Gasteiger partial charge in [-0.2, -0.15) is 0 Å². The van der Waals surface area contributed by atoms with Gasteiger partial charge in [0.1, 0.15) is 0 Å². The van der Waals surface area contributed by atoms with Crippen LogP contribution in [0, 0.1) is 5.92 Å². The quantitative estimate of drug-likeness (QED) is 0.791. The molecule has 8 heteroatoms. The van der Waals surface area contributed by atoms with Gasteiger partial charge >= 0.3 is 0 Å². The lowest BCUT2D eigenvalue weighted by Crippen LogP contribution is -2.52. The Labute approximate surface area is 175 Å². The maximum atomic E-state index is 12.9. The number of amides is 3. The number of aryl methyl sites for hydroxylation is 1. The normalized spacial score (nSPS) is 16.8. The lowest BCUT2D eigenvalue weighted by atomic mass is 9.84. The minimum Gasteiger partial charge on any atom is -0.339 e. The van der Waals surface area contributed by atoms with Crippen molar-refractivity contribution in [3.05, 3.63) is 48.5 Å². The summed E-state index contributed by atoms with van der Waals surface area (Å²) in [6, 6.07) is 7.02. The molecule has 2 aromatic rings. The highest BCUT2D eigenvalue weighted by Crippen LogP contribution is 2.28. The highest BCUT2D eigenvalue weighted by Gasteiger charge is 2.32. The molecule has 1 aliphatic carbocycles. The number of carbonyl (C=O) groups is 3. The number of hydrogen-bond donors (Lipinski definition) is 1. The molecule has 158 valence electrons. The molecule has 1 saturated carbocycles. The van der Waals surface area contributed by atoms with Crippen LogP contribution in [0.3, 0.4) is 0 Å². The Morgan fingerprint density at radius 3 is 2.50 bits per heavy atom. The zero-order valence-corrected chi connectivity index (χ0v) is 17.0. The second-order valence-electron chi connectivity index (χ2n) is 7.92. The van der Waals surface area contributed by atoms with Crippen LogP contribution in [0.1, 0.15) is 36.0 Å². The van der Waals surface area contributed by atoms with E-state index in [2.05, 4.69) is 10.3 Å². The van der Waals surface area contributed by atoms with E-state index in [1.807, 2.05) is 15.7 Å². The van der Waals surface area contributed by atoms with E-state index in [4.69, 9.17) is 0 Å². The molecule has 1 aliphatic heterocycles. The largest absolute Gasteiger partial charge is 0.339 e. The minimum absolute atomic E-state index is 0.0692. The number of aromatic nitrogens is 2. The van der Waals surface area contributed by atoms with Crippen LogP contribution in [-0.4, -0.2) is 63.3 Å². The summed E-state index contributed by atoms with van der Waals surface area (Å²) in [5.74, 6) is 0.256. The van der Waals surface area contributed by atoms with E-state index in [0.29, 0.717) is 50.4 Å². The third-order valence-corrected chi connectivity index (χ3v) is 5.88. The van der Waals surface area contributed by atoms with E-state index < -0.39 is 0 Å². The number of rotatable bonds is 6. The summed E-state index contributed by atoms with van der Waals surface area (Å²) >= 11 is 0.